The maximum atomic E-state index is 14.8. The first kappa shape index (κ1) is 39.2. The van der Waals surface area contributed by atoms with Crippen LogP contribution in [0.5, 0.6) is 5.75 Å². The maximum absolute atomic E-state index is 14.8. The van der Waals surface area contributed by atoms with Crippen LogP contribution in [0.2, 0.25) is 41.8 Å². The lowest BCUT2D eigenvalue weighted by Crippen LogP contribution is -2.45. The summed E-state index contributed by atoms with van der Waals surface area (Å²) in [6.07, 6.45) is 16.3. The normalized spacial score (nSPS) is 14.4. The summed E-state index contributed by atoms with van der Waals surface area (Å²) in [6, 6.07) is 7.50. The van der Waals surface area contributed by atoms with Crippen molar-refractivity contribution in [1.29, 1.82) is 0 Å². The van der Waals surface area contributed by atoms with Gasteiger partial charge >= 0.3 is 0 Å². The van der Waals surface area contributed by atoms with Crippen LogP contribution in [0, 0.1) is 29.2 Å². The molecule has 2 unspecified atom stereocenters. The van der Waals surface area contributed by atoms with Gasteiger partial charge in [-0.1, -0.05) is 156 Å². The van der Waals surface area contributed by atoms with Crippen LogP contribution >= 0.6 is 0 Å². The van der Waals surface area contributed by atoms with Crippen LogP contribution in [-0.2, 0) is 0 Å². The van der Waals surface area contributed by atoms with Crippen molar-refractivity contribution in [2.45, 2.75) is 180 Å². The predicted octanol–water partition coefficient (Wildman–Crippen LogP) is 13.6. The van der Waals surface area contributed by atoms with Crippen LogP contribution in [0.4, 0.5) is 17.6 Å². The molecule has 0 saturated carbocycles. The second-order valence-electron chi connectivity index (χ2n) is 13.4. The molecule has 1 nitrogen and oxygen atoms in total. The molecule has 0 N–H and O–H groups in total. The van der Waals surface area contributed by atoms with E-state index in [2.05, 4.69) is 48.5 Å². The monoisotopic (exact) mass is 632 g/mol. The van der Waals surface area contributed by atoms with Crippen molar-refractivity contribution in [3.05, 3.63) is 29.3 Å². The third-order valence-corrected chi connectivity index (χ3v) is 21.0. The molecule has 0 aliphatic heterocycles. The van der Waals surface area contributed by atoms with Gasteiger partial charge in [-0.3, -0.25) is 0 Å². The lowest BCUT2D eigenvalue weighted by atomic mass is 9.96. The summed E-state index contributed by atoms with van der Waals surface area (Å²) in [5.41, 5.74) is 0.0685. The Hall–Kier alpha value is -0.826. The van der Waals surface area contributed by atoms with Crippen LogP contribution in [-0.4, -0.2) is 16.4 Å². The van der Waals surface area contributed by atoms with E-state index in [-0.39, 0.29) is 11.6 Å². The second-order valence-corrected chi connectivity index (χ2v) is 22.9. The molecule has 1 aromatic carbocycles. The van der Waals surface area contributed by atoms with E-state index in [4.69, 9.17) is 4.43 Å². The Balaban J connectivity index is 3.06. The van der Waals surface area contributed by atoms with E-state index in [0.717, 1.165) is 44.2 Å². The van der Waals surface area contributed by atoms with Crippen LogP contribution in [0.15, 0.2) is 6.07 Å². The zero-order chi connectivity index (χ0) is 31.6. The maximum Gasteiger partial charge on any atom is 0.254 e. The molecule has 246 valence electrons. The number of halogens is 4. The van der Waals surface area contributed by atoms with Gasteiger partial charge < -0.3 is 4.43 Å². The first-order chi connectivity index (χ1) is 20.0. The molecular formula is C35H64F4OSi2. The molecular weight excluding hydrogens is 569 g/mol. The minimum atomic E-state index is -2.80. The van der Waals surface area contributed by atoms with E-state index in [1.807, 2.05) is 0 Å². The molecule has 0 heterocycles. The highest BCUT2D eigenvalue weighted by molar-refractivity contribution is 6.79. The van der Waals surface area contributed by atoms with Crippen LogP contribution in [0.25, 0.3) is 0 Å². The number of hydrogen-bond donors (Lipinski definition) is 0. The topological polar surface area (TPSA) is 9.23 Å². The molecule has 0 saturated heterocycles. The summed E-state index contributed by atoms with van der Waals surface area (Å²) in [4.78, 5) is 0. The van der Waals surface area contributed by atoms with Gasteiger partial charge in [0.05, 0.1) is 8.07 Å². The van der Waals surface area contributed by atoms with Crippen molar-refractivity contribution in [2.24, 2.45) is 5.92 Å². The Morgan fingerprint density at radius 1 is 0.595 bits per heavy atom. The molecule has 42 heavy (non-hydrogen) atoms. The quantitative estimate of drug-likeness (QED) is 0.0451. The summed E-state index contributed by atoms with van der Waals surface area (Å²) in [5.74, 6) is -5.89. The van der Waals surface area contributed by atoms with Crippen LogP contribution < -0.4 is 4.43 Å². The summed E-state index contributed by atoms with van der Waals surface area (Å²) in [6.45, 7) is 15.5. The van der Waals surface area contributed by atoms with E-state index in [1.165, 1.54) is 82.0 Å². The van der Waals surface area contributed by atoms with Gasteiger partial charge in [-0.15, -0.1) is 0 Å². The summed E-state index contributed by atoms with van der Waals surface area (Å²) in [7, 11) is -4.00. The van der Waals surface area contributed by atoms with Crippen LogP contribution in [0.3, 0.4) is 0 Å². The standard InChI is InChI=1S/C35H64F4OSi2/c1-8-13-14-17-20-30(12-5)21-27-42(29(6)7,40-35-33(38)31(36)28-32(37)34(35)39)26-19-16-15-18-25-41(22-9-2,23-10-3)24-11-4/h28-30H,8-27H2,1-7H3. The second kappa shape index (κ2) is 21.0. The molecule has 0 bridgehead atoms. The highest BCUT2D eigenvalue weighted by atomic mass is 28.4. The van der Waals surface area contributed by atoms with Gasteiger partial charge in [0.15, 0.2) is 17.4 Å². The van der Waals surface area contributed by atoms with Crippen molar-refractivity contribution >= 4 is 16.4 Å². The molecule has 0 aliphatic rings. The fourth-order valence-electron chi connectivity index (χ4n) is 7.25. The molecule has 7 heteroatoms. The fourth-order valence-corrected chi connectivity index (χ4v) is 17.1. The molecule has 0 radical (unpaired) electrons. The van der Waals surface area contributed by atoms with E-state index in [9.17, 15) is 17.6 Å². The van der Waals surface area contributed by atoms with Gasteiger partial charge in [-0.05, 0) is 30.0 Å². The third kappa shape index (κ3) is 12.7. The molecule has 1 aromatic rings. The van der Waals surface area contributed by atoms with Crippen molar-refractivity contribution < 1.29 is 22.0 Å². The predicted molar refractivity (Wildman–Crippen MR) is 179 cm³/mol. The minimum absolute atomic E-state index is 0.0685. The molecule has 1 rings (SSSR count). The van der Waals surface area contributed by atoms with Crippen molar-refractivity contribution in [1.82, 2.24) is 0 Å². The highest BCUT2D eigenvalue weighted by Gasteiger charge is 2.42. The van der Waals surface area contributed by atoms with E-state index < -0.39 is 45.4 Å². The van der Waals surface area contributed by atoms with Gasteiger partial charge in [0, 0.05) is 6.07 Å². The molecule has 0 aliphatic carbocycles. The Labute approximate surface area is 259 Å². The van der Waals surface area contributed by atoms with Crippen molar-refractivity contribution in [3.8, 4) is 5.75 Å². The van der Waals surface area contributed by atoms with E-state index in [1.54, 1.807) is 0 Å². The molecule has 2 atom stereocenters. The summed E-state index contributed by atoms with van der Waals surface area (Å²) < 4.78 is 64.3. The summed E-state index contributed by atoms with van der Waals surface area (Å²) >= 11 is 0. The fraction of sp³-hybridized carbons (Fsp3) is 0.829. The lowest BCUT2D eigenvalue weighted by molar-refractivity contribution is 0.372. The van der Waals surface area contributed by atoms with Crippen LogP contribution in [0.1, 0.15) is 138 Å². The minimum Gasteiger partial charge on any atom is -0.539 e. The molecule has 0 spiro atoms. The zero-order valence-electron chi connectivity index (χ0n) is 28.3. The first-order valence-electron chi connectivity index (χ1n) is 17.6. The third-order valence-electron chi connectivity index (χ3n) is 9.85. The highest BCUT2D eigenvalue weighted by Crippen LogP contribution is 2.40. The number of benzene rings is 1. The largest absolute Gasteiger partial charge is 0.539 e. The zero-order valence-corrected chi connectivity index (χ0v) is 30.3. The Morgan fingerprint density at radius 2 is 1.12 bits per heavy atom. The molecule has 0 aromatic heterocycles. The molecule has 0 fully saturated rings. The van der Waals surface area contributed by atoms with E-state index >= 15 is 0 Å². The Morgan fingerprint density at radius 3 is 1.60 bits per heavy atom. The van der Waals surface area contributed by atoms with Crippen molar-refractivity contribution in [2.75, 3.05) is 0 Å². The van der Waals surface area contributed by atoms with Gasteiger partial charge in [0.2, 0.25) is 11.6 Å². The SMILES string of the molecule is CCCCCCC(CC)CC[Si](CCCCCC[Si](CCC)(CCC)CCC)(Oc1c(F)c(F)cc(F)c1F)C(C)C. The van der Waals surface area contributed by atoms with Gasteiger partial charge in [-0.2, -0.15) is 8.78 Å². The smallest absolute Gasteiger partial charge is 0.254 e. The van der Waals surface area contributed by atoms with Crippen molar-refractivity contribution in [3.63, 3.8) is 0 Å². The average Bonchev–Trinajstić information content (AvgIpc) is 2.95. The number of hydrogen-bond acceptors (Lipinski definition) is 1. The van der Waals surface area contributed by atoms with E-state index in [0.29, 0.717) is 5.92 Å². The first-order valence-corrected chi connectivity index (χ1v) is 22.8. The summed E-state index contributed by atoms with van der Waals surface area (Å²) in [5, 5.41) is 0. The molecule has 0 amide bonds. The van der Waals surface area contributed by atoms with Gasteiger partial charge in [0.1, 0.15) is 0 Å². The Bertz CT molecular complexity index is 823. The average molecular weight is 633 g/mol. The lowest BCUT2D eigenvalue weighted by Gasteiger charge is -2.37. The van der Waals surface area contributed by atoms with Gasteiger partial charge in [0.25, 0.3) is 8.32 Å². The Kier molecular flexibility index (Phi) is 19.6. The number of unbranched alkanes of at least 4 members (excludes halogenated alkanes) is 6. The number of rotatable bonds is 25. The van der Waals surface area contributed by atoms with Gasteiger partial charge in [-0.25, -0.2) is 8.78 Å².